The number of hydrogen-bond acceptors (Lipinski definition) is 4. The molecule has 33 heavy (non-hydrogen) atoms. The van der Waals surface area contributed by atoms with E-state index >= 15 is 0 Å². The molecule has 2 aromatic carbocycles. The van der Waals surface area contributed by atoms with Crippen molar-refractivity contribution < 1.29 is 14.3 Å². The highest BCUT2D eigenvalue weighted by Gasteiger charge is 2.39. The number of nitrogens with two attached hydrogens (primary N) is 1. The Balaban J connectivity index is 1.74. The molecule has 1 saturated heterocycles. The first-order chi connectivity index (χ1) is 15.5. The third kappa shape index (κ3) is 6.44. The lowest BCUT2D eigenvalue weighted by Crippen LogP contribution is -2.49. The summed E-state index contributed by atoms with van der Waals surface area (Å²) in [5.74, 6) is -0.403. The molecule has 5 nitrogen and oxygen atoms in total. The second-order valence-corrected chi connectivity index (χ2v) is 10.7. The van der Waals surface area contributed by atoms with Gasteiger partial charge in [-0.15, -0.1) is 0 Å². The summed E-state index contributed by atoms with van der Waals surface area (Å²) in [5, 5.41) is 0. The molecule has 178 valence electrons. The highest BCUT2D eigenvalue weighted by molar-refractivity contribution is 5.93. The summed E-state index contributed by atoms with van der Waals surface area (Å²) >= 11 is 0. The molecule has 1 aliphatic heterocycles. The van der Waals surface area contributed by atoms with Crippen molar-refractivity contribution in [3.05, 3.63) is 71.3 Å². The van der Waals surface area contributed by atoms with Gasteiger partial charge >= 0.3 is 5.97 Å². The number of amides is 1. The van der Waals surface area contributed by atoms with Gasteiger partial charge in [-0.3, -0.25) is 9.59 Å². The molecular formula is C28H38N2O3. The molecule has 1 aliphatic rings. The lowest BCUT2D eigenvalue weighted by molar-refractivity contribution is -0.160. The molecule has 0 bridgehead atoms. The van der Waals surface area contributed by atoms with Gasteiger partial charge in [0.05, 0.1) is 5.92 Å². The zero-order valence-corrected chi connectivity index (χ0v) is 20.6. The standard InChI is InChI=1S/C28H38N2O3/c1-20-18-30(15-14-28(20,5)24-13-9-12-22(17-24)25(29)31)19-23(26(32)33-27(2,3)4)16-21-10-7-6-8-11-21/h6-13,17,20,23H,14-16,18-19H2,1-5H3,(H2,29,31). The minimum atomic E-state index is -0.509. The lowest BCUT2D eigenvalue weighted by Gasteiger charge is -2.46. The number of nitrogens with zero attached hydrogens (tertiary/aromatic N) is 1. The molecule has 3 unspecified atom stereocenters. The Morgan fingerprint density at radius 2 is 1.85 bits per heavy atom. The number of ether oxygens (including phenoxy) is 1. The summed E-state index contributed by atoms with van der Waals surface area (Å²) in [6.45, 7) is 12.7. The number of primary amides is 1. The summed E-state index contributed by atoms with van der Waals surface area (Å²) in [7, 11) is 0. The Labute approximate surface area is 198 Å². The van der Waals surface area contributed by atoms with Crippen LogP contribution in [0.5, 0.6) is 0 Å². The fourth-order valence-electron chi connectivity index (χ4n) is 4.76. The highest BCUT2D eigenvalue weighted by atomic mass is 16.6. The van der Waals surface area contributed by atoms with Crippen molar-refractivity contribution in [2.75, 3.05) is 19.6 Å². The first kappa shape index (κ1) is 25.0. The van der Waals surface area contributed by atoms with Gasteiger partial charge in [-0.1, -0.05) is 56.3 Å². The molecule has 0 radical (unpaired) electrons. The van der Waals surface area contributed by atoms with Crippen LogP contribution < -0.4 is 5.73 Å². The fraction of sp³-hybridized carbons (Fsp3) is 0.500. The largest absolute Gasteiger partial charge is 0.460 e. The molecule has 0 saturated carbocycles. The normalized spacial score (nSPS) is 22.5. The van der Waals surface area contributed by atoms with Crippen LogP contribution in [0.4, 0.5) is 0 Å². The number of likely N-dealkylation sites (tertiary alicyclic amines) is 1. The van der Waals surface area contributed by atoms with Crippen LogP contribution in [0, 0.1) is 11.8 Å². The Kier molecular flexibility index (Phi) is 7.63. The molecular weight excluding hydrogens is 412 g/mol. The summed E-state index contributed by atoms with van der Waals surface area (Å²) in [5.41, 5.74) is 7.80. The maximum Gasteiger partial charge on any atom is 0.311 e. The van der Waals surface area contributed by atoms with Gasteiger partial charge in [0, 0.05) is 18.7 Å². The van der Waals surface area contributed by atoms with E-state index in [-0.39, 0.29) is 17.3 Å². The molecule has 0 aliphatic carbocycles. The maximum atomic E-state index is 13.1. The Hall–Kier alpha value is -2.66. The molecule has 3 rings (SSSR count). The number of rotatable bonds is 7. The van der Waals surface area contributed by atoms with Crippen molar-refractivity contribution in [1.82, 2.24) is 4.90 Å². The maximum absolute atomic E-state index is 13.1. The molecule has 0 aromatic heterocycles. The van der Waals surface area contributed by atoms with Gasteiger partial charge in [0.2, 0.25) is 5.91 Å². The fourth-order valence-corrected chi connectivity index (χ4v) is 4.76. The van der Waals surface area contributed by atoms with Crippen molar-refractivity contribution in [2.45, 2.75) is 58.5 Å². The number of benzene rings is 2. The highest BCUT2D eigenvalue weighted by Crippen LogP contribution is 2.40. The smallest absolute Gasteiger partial charge is 0.311 e. The number of hydrogen-bond donors (Lipinski definition) is 1. The summed E-state index contributed by atoms with van der Waals surface area (Å²) in [6, 6.07) is 17.9. The SMILES string of the molecule is CC1CN(CC(Cc2ccccc2)C(=O)OC(C)(C)C)CCC1(C)c1cccc(C(N)=O)c1. The predicted molar refractivity (Wildman–Crippen MR) is 132 cm³/mol. The van der Waals surface area contributed by atoms with Crippen LogP contribution in [-0.4, -0.2) is 42.0 Å². The van der Waals surface area contributed by atoms with Crippen LogP contribution in [0.25, 0.3) is 0 Å². The first-order valence-electron chi connectivity index (χ1n) is 11.9. The zero-order chi connectivity index (χ0) is 24.2. The van der Waals surface area contributed by atoms with Gasteiger partial charge in [0.25, 0.3) is 0 Å². The van der Waals surface area contributed by atoms with E-state index in [4.69, 9.17) is 10.5 Å². The van der Waals surface area contributed by atoms with E-state index in [1.165, 1.54) is 0 Å². The van der Waals surface area contributed by atoms with E-state index in [2.05, 4.69) is 36.9 Å². The number of carbonyl (C=O) groups is 2. The monoisotopic (exact) mass is 450 g/mol. The van der Waals surface area contributed by atoms with Crippen LogP contribution >= 0.6 is 0 Å². The van der Waals surface area contributed by atoms with E-state index in [9.17, 15) is 9.59 Å². The van der Waals surface area contributed by atoms with Crippen molar-refractivity contribution >= 4 is 11.9 Å². The molecule has 0 spiro atoms. The Bertz CT molecular complexity index is 967. The van der Waals surface area contributed by atoms with Gasteiger partial charge in [-0.2, -0.15) is 0 Å². The van der Waals surface area contributed by atoms with Crippen LogP contribution in [-0.2, 0) is 21.4 Å². The van der Waals surface area contributed by atoms with E-state index in [1.54, 1.807) is 6.07 Å². The van der Waals surface area contributed by atoms with Gasteiger partial charge in [0.15, 0.2) is 0 Å². The zero-order valence-electron chi connectivity index (χ0n) is 20.6. The van der Waals surface area contributed by atoms with Crippen molar-refractivity contribution in [2.24, 2.45) is 17.6 Å². The predicted octanol–water partition coefficient (Wildman–Crippen LogP) is 4.59. The van der Waals surface area contributed by atoms with Crippen LogP contribution in [0.3, 0.4) is 0 Å². The third-order valence-electron chi connectivity index (χ3n) is 6.92. The van der Waals surface area contributed by atoms with E-state index < -0.39 is 11.5 Å². The number of piperidine rings is 1. The summed E-state index contributed by atoms with van der Waals surface area (Å²) in [6.07, 6.45) is 1.61. The molecule has 1 amide bonds. The molecule has 3 atom stereocenters. The van der Waals surface area contributed by atoms with Crippen LogP contribution in [0.2, 0.25) is 0 Å². The third-order valence-corrected chi connectivity index (χ3v) is 6.92. The van der Waals surface area contributed by atoms with E-state index in [0.29, 0.717) is 24.4 Å². The van der Waals surface area contributed by atoms with Gasteiger partial charge in [0.1, 0.15) is 5.60 Å². The molecule has 2 N–H and O–H groups in total. The first-order valence-corrected chi connectivity index (χ1v) is 11.9. The van der Waals surface area contributed by atoms with Gasteiger partial charge in [-0.25, -0.2) is 0 Å². The second kappa shape index (κ2) is 10.1. The lowest BCUT2D eigenvalue weighted by atomic mass is 9.67. The Morgan fingerprint density at radius 1 is 1.15 bits per heavy atom. The van der Waals surface area contributed by atoms with Gasteiger partial charge < -0.3 is 15.4 Å². The second-order valence-electron chi connectivity index (χ2n) is 10.7. The van der Waals surface area contributed by atoms with Crippen molar-refractivity contribution in [1.29, 1.82) is 0 Å². The Morgan fingerprint density at radius 3 is 2.45 bits per heavy atom. The molecule has 2 aromatic rings. The molecule has 5 heteroatoms. The topological polar surface area (TPSA) is 72.6 Å². The minimum Gasteiger partial charge on any atom is -0.460 e. The average molecular weight is 451 g/mol. The van der Waals surface area contributed by atoms with Crippen molar-refractivity contribution in [3.8, 4) is 0 Å². The number of carbonyl (C=O) groups excluding carboxylic acids is 2. The molecule has 1 heterocycles. The van der Waals surface area contributed by atoms with E-state index in [1.807, 2.05) is 51.1 Å². The van der Waals surface area contributed by atoms with Crippen molar-refractivity contribution in [3.63, 3.8) is 0 Å². The quantitative estimate of drug-likeness (QED) is 0.627. The van der Waals surface area contributed by atoms with E-state index in [0.717, 1.165) is 30.6 Å². The molecule has 1 fully saturated rings. The number of esters is 1. The minimum absolute atomic E-state index is 0.0528. The average Bonchev–Trinajstić information content (AvgIpc) is 2.75. The van der Waals surface area contributed by atoms with Crippen LogP contribution in [0.1, 0.15) is 62.5 Å². The van der Waals surface area contributed by atoms with Crippen LogP contribution in [0.15, 0.2) is 54.6 Å². The van der Waals surface area contributed by atoms with Gasteiger partial charge in [-0.05, 0) is 74.8 Å². The summed E-state index contributed by atoms with van der Waals surface area (Å²) < 4.78 is 5.78. The summed E-state index contributed by atoms with van der Waals surface area (Å²) in [4.78, 5) is 27.1.